The second-order valence-electron chi connectivity index (χ2n) is 7.09. The van der Waals surface area contributed by atoms with Crippen LogP contribution in [0, 0.1) is 0 Å². The highest BCUT2D eigenvalue weighted by Crippen LogP contribution is 2.20. The topological polar surface area (TPSA) is 44.4 Å². The number of nitrogens with zero attached hydrogens (tertiary/aromatic N) is 2. The second kappa shape index (κ2) is 6.61. The van der Waals surface area contributed by atoms with Crippen LogP contribution in [-0.4, -0.2) is 61.5 Å². The van der Waals surface area contributed by atoms with E-state index in [2.05, 4.69) is 33.7 Å². The minimum absolute atomic E-state index is 0.248. The van der Waals surface area contributed by atoms with E-state index in [1.807, 2.05) is 24.3 Å². The molecule has 2 aliphatic rings. The van der Waals surface area contributed by atoms with Gasteiger partial charge in [0.25, 0.3) is 0 Å². The number of hydrogen-bond acceptors (Lipinski definition) is 4. The average Bonchev–Trinajstić information content (AvgIpc) is 2.60. The highest BCUT2D eigenvalue weighted by atomic mass is 16.1. The van der Waals surface area contributed by atoms with Gasteiger partial charge in [-0.05, 0) is 16.8 Å². The molecule has 2 saturated heterocycles. The van der Waals surface area contributed by atoms with E-state index in [-0.39, 0.29) is 5.78 Å². The molecular weight excluding hydrogens is 300 g/mol. The summed E-state index contributed by atoms with van der Waals surface area (Å²) in [6, 6.07) is 14.3. The fourth-order valence-corrected chi connectivity index (χ4v) is 3.99. The molecule has 2 bridgehead atoms. The zero-order valence-corrected chi connectivity index (χ0v) is 14.0. The summed E-state index contributed by atoms with van der Waals surface area (Å²) < 4.78 is 0.827. The van der Waals surface area contributed by atoms with Gasteiger partial charge in [0.2, 0.25) is 5.78 Å². The molecule has 0 radical (unpaired) electrons. The highest BCUT2D eigenvalue weighted by molar-refractivity contribution is 6.00. The van der Waals surface area contributed by atoms with Crippen LogP contribution in [0.5, 0.6) is 0 Å². The number of quaternary nitrogens is 1. The number of rotatable bonds is 3. The Morgan fingerprint density at radius 2 is 2.00 bits per heavy atom. The van der Waals surface area contributed by atoms with E-state index < -0.39 is 0 Å². The van der Waals surface area contributed by atoms with E-state index in [1.165, 1.54) is 5.39 Å². The van der Waals surface area contributed by atoms with Gasteiger partial charge in [-0.1, -0.05) is 36.4 Å². The first-order valence-corrected chi connectivity index (χ1v) is 8.75. The summed E-state index contributed by atoms with van der Waals surface area (Å²) in [4.78, 5) is 15.4. The molecule has 5 nitrogen and oxygen atoms in total. The van der Waals surface area contributed by atoms with Crippen molar-refractivity contribution in [2.75, 3.05) is 46.3 Å². The molecule has 24 heavy (non-hydrogen) atoms. The maximum atomic E-state index is 13.0. The van der Waals surface area contributed by atoms with Crippen molar-refractivity contribution >= 4 is 16.6 Å². The summed E-state index contributed by atoms with van der Waals surface area (Å²) in [5.41, 5.74) is 0.832. The first kappa shape index (κ1) is 15.7. The van der Waals surface area contributed by atoms with Gasteiger partial charge in [0.1, 0.15) is 19.9 Å². The van der Waals surface area contributed by atoms with Gasteiger partial charge in [0, 0.05) is 18.5 Å². The maximum Gasteiger partial charge on any atom is 0.217 e. The third kappa shape index (κ3) is 3.21. The van der Waals surface area contributed by atoms with Crippen LogP contribution in [0.3, 0.4) is 0 Å². The Labute approximate surface area is 142 Å². The Kier molecular flexibility index (Phi) is 4.33. The molecule has 2 fully saturated rings. The summed E-state index contributed by atoms with van der Waals surface area (Å²) in [7, 11) is 0. The number of nitrogens with one attached hydrogen (secondary N) is 2. The van der Waals surface area contributed by atoms with E-state index in [1.54, 1.807) is 0 Å². The van der Waals surface area contributed by atoms with Gasteiger partial charge in [-0.3, -0.25) is 19.9 Å². The van der Waals surface area contributed by atoms with Gasteiger partial charge < -0.3 is 0 Å². The molecule has 0 aromatic heterocycles. The number of carbonyl (C=O) groups is 1. The van der Waals surface area contributed by atoms with E-state index in [0.717, 1.165) is 61.6 Å². The van der Waals surface area contributed by atoms with Gasteiger partial charge >= 0.3 is 0 Å². The number of benzene rings is 2. The lowest BCUT2D eigenvalue weighted by molar-refractivity contribution is -0.938. The number of hydrogen-bond donors (Lipinski definition) is 2. The van der Waals surface area contributed by atoms with E-state index in [9.17, 15) is 4.79 Å². The Morgan fingerprint density at radius 1 is 1.12 bits per heavy atom. The lowest BCUT2D eigenvalue weighted by Gasteiger charge is -2.46. The zero-order valence-electron chi connectivity index (χ0n) is 14.0. The normalized spacial score (nSPS) is 27.4. The van der Waals surface area contributed by atoms with Crippen molar-refractivity contribution in [1.29, 1.82) is 0 Å². The SMILES string of the molecule is O=C(C[N+]12CCCN(CNCNC1)C2)c1ccc2ccccc2c1. The lowest BCUT2D eigenvalue weighted by Crippen LogP contribution is -2.67. The van der Waals surface area contributed by atoms with Gasteiger partial charge in [0.15, 0.2) is 0 Å². The minimum Gasteiger partial charge on any atom is -0.292 e. The third-order valence-electron chi connectivity index (χ3n) is 5.19. The largest absolute Gasteiger partial charge is 0.292 e. The molecule has 2 aromatic rings. The predicted octanol–water partition coefficient (Wildman–Crippen LogP) is 1.57. The molecule has 5 heteroatoms. The number of carbonyl (C=O) groups excluding carboxylic acids is 1. The van der Waals surface area contributed by atoms with Crippen LogP contribution in [-0.2, 0) is 0 Å². The van der Waals surface area contributed by atoms with Crippen molar-refractivity contribution in [3.05, 3.63) is 48.0 Å². The molecule has 0 saturated carbocycles. The molecule has 2 unspecified atom stereocenters. The minimum atomic E-state index is 0.248. The number of fused-ring (bicyclic) bond motifs is 3. The third-order valence-corrected chi connectivity index (χ3v) is 5.19. The Hall–Kier alpha value is -1.79. The van der Waals surface area contributed by atoms with Gasteiger partial charge in [-0.2, -0.15) is 0 Å². The molecule has 2 atom stereocenters. The Balaban J connectivity index is 1.56. The second-order valence-corrected chi connectivity index (χ2v) is 7.09. The number of ketones is 1. The summed E-state index contributed by atoms with van der Waals surface area (Å²) in [5, 5.41) is 9.16. The molecule has 2 heterocycles. The van der Waals surface area contributed by atoms with Crippen LogP contribution in [0.2, 0.25) is 0 Å². The molecule has 126 valence electrons. The van der Waals surface area contributed by atoms with Crippen molar-refractivity contribution in [2.24, 2.45) is 0 Å². The quantitative estimate of drug-likeness (QED) is 0.664. The van der Waals surface area contributed by atoms with Crippen molar-refractivity contribution in [1.82, 2.24) is 15.5 Å². The molecular formula is C19H25N4O+. The van der Waals surface area contributed by atoms with Crippen molar-refractivity contribution in [3.63, 3.8) is 0 Å². The van der Waals surface area contributed by atoms with Crippen molar-refractivity contribution in [3.8, 4) is 0 Å². The summed E-state index contributed by atoms with van der Waals surface area (Å²) >= 11 is 0. The van der Waals surface area contributed by atoms with Crippen LogP contribution in [0.25, 0.3) is 10.8 Å². The summed E-state index contributed by atoms with van der Waals surface area (Å²) in [6.07, 6.45) is 1.15. The fourth-order valence-electron chi connectivity index (χ4n) is 3.99. The van der Waals surface area contributed by atoms with Crippen LogP contribution in [0.15, 0.2) is 42.5 Å². The Bertz CT molecular complexity index is 747. The van der Waals surface area contributed by atoms with Crippen LogP contribution in [0.4, 0.5) is 0 Å². The van der Waals surface area contributed by atoms with Crippen molar-refractivity contribution in [2.45, 2.75) is 6.42 Å². The molecule has 2 N–H and O–H groups in total. The standard InChI is InChI=1S/C19H25N4O/c24-19(18-7-6-16-4-1-2-5-17(16)10-18)11-23-9-3-8-22(15-23)13-20-12-21-14-23/h1-2,4-7,10,20-21H,3,8-9,11-15H2/q+1. The van der Waals surface area contributed by atoms with Gasteiger partial charge in [-0.15, -0.1) is 0 Å². The average molecular weight is 325 g/mol. The van der Waals surface area contributed by atoms with Crippen LogP contribution in [0.1, 0.15) is 16.8 Å². The van der Waals surface area contributed by atoms with Gasteiger partial charge in [-0.25, -0.2) is 4.90 Å². The van der Waals surface area contributed by atoms with Gasteiger partial charge in [0.05, 0.1) is 19.9 Å². The van der Waals surface area contributed by atoms with Crippen LogP contribution < -0.4 is 10.6 Å². The molecule has 2 aromatic carbocycles. The maximum absolute atomic E-state index is 13.0. The summed E-state index contributed by atoms with van der Waals surface area (Å²) in [6.45, 7) is 6.27. The fraction of sp³-hybridized carbons (Fsp3) is 0.421. The van der Waals surface area contributed by atoms with E-state index >= 15 is 0 Å². The zero-order chi connectivity index (χ0) is 16.4. The smallest absolute Gasteiger partial charge is 0.217 e. The first-order valence-electron chi connectivity index (χ1n) is 8.75. The number of Topliss-reactive ketones (excluding diaryl/α,β-unsaturated/α-hetero) is 1. The molecule has 2 aliphatic heterocycles. The first-order chi connectivity index (χ1) is 11.7. The molecule has 4 rings (SSSR count). The molecule has 0 aliphatic carbocycles. The van der Waals surface area contributed by atoms with Crippen LogP contribution >= 0.6 is 0 Å². The lowest BCUT2D eigenvalue weighted by atomic mass is 10.0. The van der Waals surface area contributed by atoms with E-state index in [0.29, 0.717) is 6.54 Å². The van der Waals surface area contributed by atoms with Crippen molar-refractivity contribution < 1.29 is 9.28 Å². The predicted molar refractivity (Wildman–Crippen MR) is 95.3 cm³/mol. The van der Waals surface area contributed by atoms with E-state index in [4.69, 9.17) is 0 Å². The summed E-state index contributed by atoms with van der Waals surface area (Å²) in [5.74, 6) is 0.248. The highest BCUT2D eigenvalue weighted by Gasteiger charge is 2.36. The monoisotopic (exact) mass is 325 g/mol. The molecule has 0 spiro atoms. The Morgan fingerprint density at radius 3 is 2.92 bits per heavy atom. The molecule has 0 amide bonds.